The van der Waals surface area contributed by atoms with Crippen LogP contribution in [-0.4, -0.2) is 290 Å². The van der Waals surface area contributed by atoms with E-state index in [1.54, 1.807) is 101 Å². The number of nitrogens with zero attached hydrogens (tertiary/aromatic N) is 1. The van der Waals surface area contributed by atoms with Gasteiger partial charge in [-0.15, -0.1) is 0 Å². The zero-order chi connectivity index (χ0) is 111. The van der Waals surface area contributed by atoms with E-state index in [0.29, 0.717) is 11.1 Å². The van der Waals surface area contributed by atoms with Gasteiger partial charge in [0.05, 0.1) is 38.2 Å². The fraction of sp³-hybridized carbons (Fsp3) is 0.526. The SMILES string of the molecule is CC(C)C[C@H](NC(=O)[C@H](CC(C)C)NC(=O)[C@H](Cc1cnc[nH]1)NC(=O)[C@H](Cc1ccc(O)cc1)NC(=O)[C@]1(C)CCC/C=C\CCC[C@](C)(NC(=O)[C@H](CCC(=O)O)NC(=O)[C@H](CC(=O)O)NC(=O)[C@@H](N)CC(=O)O)C(=O)N[C@@H](CCC(=O)O)C(=O)N[C@@H](CCC(N)=O)C(=O)N[C@@H](Cc2ccccc2)C(=O)N1)C(=O)N[C@@H](CO)C(=O)N[C@@H](Cc1ccccc1)C(=O)N[C@@H](CC(N)=O)C(=O)N[C@@H](C)C(=O)N[C@H](C(=O)O)C(C)C. The smallest absolute Gasteiger partial charge is 0.326 e. The van der Waals surface area contributed by atoms with Gasteiger partial charge >= 0.3 is 29.8 Å². The highest BCUT2D eigenvalue weighted by Gasteiger charge is 2.45. The number of nitrogens with two attached hydrogens (primary N) is 3. The first-order valence-electron chi connectivity index (χ1n) is 48.0. The van der Waals surface area contributed by atoms with Gasteiger partial charge in [0, 0.05) is 56.8 Å². The molecule has 0 saturated carbocycles. The Hall–Kier alpha value is -15.9. The molecule has 0 spiro atoms. The predicted molar refractivity (Wildman–Crippen MR) is 524 cm³/mol. The number of phenols is 1. The first kappa shape index (κ1) is 123. The maximum absolute atomic E-state index is 15.8. The molecule has 2 heterocycles. The molecular weight excluding hydrogens is 1940 g/mol. The maximum atomic E-state index is 15.8. The molecule has 5 rings (SSSR count). The van der Waals surface area contributed by atoms with Gasteiger partial charge in [0.1, 0.15) is 101 Å². The lowest BCUT2D eigenvalue weighted by Gasteiger charge is -2.34. The molecule has 1 aliphatic rings. The fourth-order valence-corrected chi connectivity index (χ4v) is 15.4. The van der Waals surface area contributed by atoms with Crippen molar-refractivity contribution in [2.75, 3.05) is 6.61 Å². The monoisotopic (exact) mass is 2080 g/mol. The van der Waals surface area contributed by atoms with Gasteiger partial charge in [-0.1, -0.05) is 126 Å². The van der Waals surface area contributed by atoms with E-state index < -0.39 is 346 Å². The first-order valence-corrected chi connectivity index (χ1v) is 48.0. The lowest BCUT2D eigenvalue weighted by Crippen LogP contribution is -2.65. The van der Waals surface area contributed by atoms with Crippen LogP contribution in [0.4, 0.5) is 0 Å². The van der Waals surface area contributed by atoms with Gasteiger partial charge in [-0.05, 0) is 138 Å². The van der Waals surface area contributed by atoms with E-state index in [2.05, 4.69) is 89.7 Å². The van der Waals surface area contributed by atoms with E-state index in [9.17, 15) is 117 Å². The number of carboxylic acids is 5. The Bertz CT molecular complexity index is 5340. The number of aromatic amines is 1. The summed E-state index contributed by atoms with van der Waals surface area (Å²) in [5.41, 5.74) is 13.6. The summed E-state index contributed by atoms with van der Waals surface area (Å²) in [7, 11) is 0. The van der Waals surface area contributed by atoms with Crippen molar-refractivity contribution in [1.82, 2.24) is 95.0 Å². The third kappa shape index (κ3) is 42.8. The second-order valence-electron chi connectivity index (χ2n) is 37.7. The summed E-state index contributed by atoms with van der Waals surface area (Å²) < 4.78 is 0. The molecule has 0 aliphatic carbocycles. The molecule has 4 aromatic rings. The summed E-state index contributed by atoms with van der Waals surface area (Å²) in [5.74, 6) is -30.1. The summed E-state index contributed by atoms with van der Waals surface area (Å²) in [6.07, 6.45) is -4.54. The van der Waals surface area contributed by atoms with Crippen LogP contribution in [0.3, 0.4) is 0 Å². The van der Waals surface area contributed by atoms with Gasteiger partial charge in [-0.3, -0.25) is 105 Å². The molecule has 0 fully saturated rings. The van der Waals surface area contributed by atoms with Crippen molar-refractivity contribution in [3.8, 4) is 5.75 Å². The van der Waals surface area contributed by atoms with Crippen LogP contribution in [0.5, 0.6) is 5.75 Å². The molecule has 0 saturated heterocycles. The van der Waals surface area contributed by atoms with Crippen LogP contribution in [0.2, 0.25) is 0 Å². The van der Waals surface area contributed by atoms with Gasteiger partial charge in [0.2, 0.25) is 106 Å². The number of H-pyrrole nitrogens is 1. The maximum Gasteiger partial charge on any atom is 0.326 e. The number of phenolic OH excluding ortho intramolecular Hbond substituents is 1. The van der Waals surface area contributed by atoms with Crippen LogP contribution in [0.25, 0.3) is 0 Å². The Morgan fingerprint density at radius 2 is 0.885 bits per heavy atom. The van der Waals surface area contributed by atoms with Crippen LogP contribution in [0.15, 0.2) is 110 Å². The first-order chi connectivity index (χ1) is 69.6. The van der Waals surface area contributed by atoms with Gasteiger partial charge in [0.15, 0.2) is 0 Å². The van der Waals surface area contributed by atoms with Crippen molar-refractivity contribution in [1.29, 1.82) is 0 Å². The van der Waals surface area contributed by atoms with Crippen LogP contribution in [-0.2, 0) is 136 Å². The van der Waals surface area contributed by atoms with Crippen molar-refractivity contribution in [3.63, 3.8) is 0 Å². The fourth-order valence-electron chi connectivity index (χ4n) is 15.4. The highest BCUT2D eigenvalue weighted by Crippen LogP contribution is 2.24. The van der Waals surface area contributed by atoms with E-state index in [-0.39, 0.29) is 68.4 Å². The highest BCUT2D eigenvalue weighted by atomic mass is 16.4. The summed E-state index contributed by atoms with van der Waals surface area (Å²) in [5, 5.41) is 109. The van der Waals surface area contributed by atoms with E-state index in [1.165, 1.54) is 64.5 Å². The summed E-state index contributed by atoms with van der Waals surface area (Å²) >= 11 is 0. The van der Waals surface area contributed by atoms with E-state index in [0.717, 1.165) is 6.92 Å². The molecule has 810 valence electrons. The van der Waals surface area contributed by atoms with Crippen molar-refractivity contribution in [3.05, 3.63) is 132 Å². The number of aromatic hydroxyl groups is 1. The number of carbonyl (C=O) groups is 23. The average Bonchev–Trinajstić information content (AvgIpc) is 0.913. The minimum absolute atomic E-state index is 0.0179. The van der Waals surface area contributed by atoms with E-state index >= 15 is 28.8 Å². The molecule has 1 aliphatic heterocycles. The number of carbonyl (C=O) groups excluding carboxylic acids is 18. The number of allylic oxidation sites excluding steroid dienone is 2. The minimum Gasteiger partial charge on any atom is -0.508 e. The van der Waals surface area contributed by atoms with Gasteiger partial charge in [-0.25, -0.2) is 9.78 Å². The number of primary amides is 2. The standard InChI is InChI=1S/C97H137N21O30/c1-50(2)38-63(84(136)107-64(39-51(3)4)85(137)113-71(48-119)90(142)109-65(40-54-22-16-14-17-23-54)86(138)112-69(45-73(100)122)83(135)103-53(7)79(131)116-78(52(5)6)93(145)146)108-88(140)68(43-57-47-101-49-102-57)111-87(139)66(42-56-26-28-58(120)29-27-56)115-95(148)97(9)37-21-13-11-10-12-20-36-96(8,117-91(143)62(32-35-75(125)126)105-89(141)70(46-77(129)130)106-80(132)59(98)44-76(127)128)94(147)114-61(31-34-74(123)124)82(134)104-60(30-33-72(99)121)81(133)110-67(92(144)118-97)41-55-24-18-15-19-25-55/h10-11,14-19,22-29,47,49-53,59-71,78,119-120H,12-13,20-21,30-46,48,98H2,1-9H3,(H2,99,121)(H2,100,122)(H,101,102)(H,103,135)(H,104,134)(H,105,141)(H,106,132)(H,107,136)(H,108,140)(H,109,142)(H,110,133)(H,111,139)(H,112,138)(H,113,137)(H,114,147)(H,115,148)(H,116,131)(H,117,143)(H,118,144)(H,123,124)(H,125,126)(H,127,128)(H,129,130)(H,145,146)/b11-10-/t53-,59-,60-,61-,62-,63-,64-,65-,66-,67-,68-,69-,70-,71-,78-,96-,97-/m0/s1. The minimum atomic E-state index is -2.28. The zero-order valence-corrected chi connectivity index (χ0v) is 83.5. The number of rotatable bonds is 54. The number of aliphatic carboxylic acids is 5. The Balaban J connectivity index is 1.55. The van der Waals surface area contributed by atoms with Crippen molar-refractivity contribution in [2.45, 2.75) is 299 Å². The molecule has 148 heavy (non-hydrogen) atoms. The second-order valence-corrected chi connectivity index (χ2v) is 37.7. The zero-order valence-electron chi connectivity index (χ0n) is 83.5. The van der Waals surface area contributed by atoms with Crippen LogP contribution >= 0.6 is 0 Å². The molecular formula is C97H137N21O30. The third-order valence-electron chi connectivity index (χ3n) is 23.6. The molecule has 1 aromatic heterocycles. The van der Waals surface area contributed by atoms with E-state index in [1.807, 2.05) is 5.32 Å². The van der Waals surface area contributed by atoms with E-state index in [4.69, 9.17) is 17.2 Å². The largest absolute Gasteiger partial charge is 0.508 e. The highest BCUT2D eigenvalue weighted by molar-refractivity contribution is 6.03. The summed E-state index contributed by atoms with van der Waals surface area (Å²) in [4.78, 5) is 325. The number of benzene rings is 3. The number of hydrogen-bond donors (Lipinski definition) is 27. The summed E-state index contributed by atoms with van der Waals surface area (Å²) in [6.45, 7) is 12.3. The number of nitrogens with one attached hydrogen (secondary N) is 17. The molecule has 51 heteroatoms. The van der Waals surface area contributed by atoms with Crippen molar-refractivity contribution in [2.24, 2.45) is 35.0 Å². The van der Waals surface area contributed by atoms with Crippen LogP contribution < -0.4 is 102 Å². The number of aromatic nitrogens is 2. The quantitative estimate of drug-likeness (QED) is 0.0187. The number of carboxylic acid groups (broad SMARTS) is 5. The van der Waals surface area contributed by atoms with Gasteiger partial charge in [0.25, 0.3) is 0 Å². The predicted octanol–water partition coefficient (Wildman–Crippen LogP) is -4.17. The molecule has 18 amide bonds. The molecule has 0 unspecified atom stereocenters. The average molecular weight is 2080 g/mol. The molecule has 30 N–H and O–H groups in total. The lowest BCUT2D eigenvalue weighted by molar-refractivity contribution is -0.143. The number of aliphatic hydroxyl groups is 1. The third-order valence-corrected chi connectivity index (χ3v) is 23.6. The Morgan fingerprint density at radius 1 is 0.439 bits per heavy atom. The number of aliphatic hydroxyl groups excluding tert-OH is 1. The number of imidazole rings is 1. The summed E-state index contributed by atoms with van der Waals surface area (Å²) in [6, 6.07) is -5.08. The van der Waals surface area contributed by atoms with Gasteiger partial charge < -0.3 is 143 Å². The molecule has 3 aromatic carbocycles. The van der Waals surface area contributed by atoms with Crippen LogP contribution in [0, 0.1) is 17.8 Å². The lowest BCUT2D eigenvalue weighted by atomic mass is 9.91. The molecule has 0 bridgehead atoms. The van der Waals surface area contributed by atoms with Gasteiger partial charge in [-0.2, -0.15) is 0 Å². The van der Waals surface area contributed by atoms with Crippen LogP contribution in [0.1, 0.15) is 194 Å². The Labute approximate surface area is 851 Å². The van der Waals surface area contributed by atoms with Crippen molar-refractivity contribution < 1.29 is 146 Å². The molecule has 0 radical (unpaired) electrons. The van der Waals surface area contributed by atoms with Crippen molar-refractivity contribution >= 4 is 136 Å². The molecule has 51 nitrogen and oxygen atoms in total. The Kier molecular flexibility index (Phi) is 49.8. The molecule has 17 atom stereocenters. The normalized spacial score (nSPS) is 19.0. The number of amides is 18. The number of hydrogen-bond acceptors (Lipinski definition) is 27. The Morgan fingerprint density at radius 3 is 1.39 bits per heavy atom. The topological polar surface area (TPSA) is 833 Å². The second kappa shape index (κ2) is 60.2.